The third-order valence-corrected chi connectivity index (χ3v) is 3.72. The number of nitrogens with zero attached hydrogens (tertiary/aromatic N) is 3. The van der Waals surface area contributed by atoms with Gasteiger partial charge in [0.25, 0.3) is 5.91 Å². The van der Waals surface area contributed by atoms with Crippen molar-refractivity contribution in [3.8, 4) is 0 Å². The smallest absolute Gasteiger partial charge is 0.409 e. The number of hydrogen-bond donors (Lipinski definition) is 0. The summed E-state index contributed by atoms with van der Waals surface area (Å²) in [6, 6.07) is 1.81. The largest absolute Gasteiger partial charge is 0.450 e. The van der Waals surface area contributed by atoms with Gasteiger partial charge in [-0.1, -0.05) is 0 Å². The predicted molar refractivity (Wildman–Crippen MR) is 77.6 cm³/mol. The van der Waals surface area contributed by atoms with Gasteiger partial charge in [0.05, 0.1) is 6.61 Å². The van der Waals surface area contributed by atoms with E-state index in [9.17, 15) is 9.59 Å². The van der Waals surface area contributed by atoms with Crippen LogP contribution >= 0.6 is 15.9 Å². The lowest BCUT2D eigenvalue weighted by atomic mass is 10.3. The van der Waals surface area contributed by atoms with Crippen LogP contribution in [-0.2, 0) is 11.8 Å². The van der Waals surface area contributed by atoms with E-state index in [-0.39, 0.29) is 12.0 Å². The molecule has 6 nitrogen and oxygen atoms in total. The van der Waals surface area contributed by atoms with Crippen molar-refractivity contribution < 1.29 is 14.3 Å². The fourth-order valence-electron chi connectivity index (χ4n) is 2.21. The Morgan fingerprint density at radius 1 is 1.25 bits per heavy atom. The van der Waals surface area contributed by atoms with Crippen molar-refractivity contribution in [2.75, 3.05) is 32.8 Å². The molecule has 1 saturated heterocycles. The summed E-state index contributed by atoms with van der Waals surface area (Å²) in [6.45, 7) is 4.23. The first-order chi connectivity index (χ1) is 9.52. The molecule has 2 rings (SSSR count). The van der Waals surface area contributed by atoms with Gasteiger partial charge in [0.2, 0.25) is 0 Å². The molecule has 110 valence electrons. The van der Waals surface area contributed by atoms with Crippen LogP contribution in [0.15, 0.2) is 16.7 Å². The maximum Gasteiger partial charge on any atom is 0.409 e. The van der Waals surface area contributed by atoms with E-state index in [0.29, 0.717) is 38.5 Å². The molecule has 0 N–H and O–H groups in total. The van der Waals surface area contributed by atoms with Crippen LogP contribution in [0.5, 0.6) is 0 Å². The standard InChI is InChI=1S/C13H18BrN3O3/c1-3-20-13(19)17-6-4-16(5-7-17)12(18)11-8-10(14)9-15(11)2/h8-9H,3-7H2,1-2H3. The van der Waals surface area contributed by atoms with E-state index in [0.717, 1.165) is 4.47 Å². The van der Waals surface area contributed by atoms with Crippen molar-refractivity contribution in [2.45, 2.75) is 6.92 Å². The summed E-state index contributed by atoms with van der Waals surface area (Å²) < 4.78 is 7.64. The quantitative estimate of drug-likeness (QED) is 0.821. The molecule has 0 spiro atoms. The number of aryl methyl sites for hydroxylation is 1. The topological polar surface area (TPSA) is 54.8 Å². The van der Waals surface area contributed by atoms with Crippen LogP contribution in [0.4, 0.5) is 4.79 Å². The lowest BCUT2D eigenvalue weighted by Crippen LogP contribution is -2.51. The summed E-state index contributed by atoms with van der Waals surface area (Å²) >= 11 is 3.36. The number of ether oxygens (including phenoxy) is 1. The Kier molecular flexibility index (Phi) is 4.69. The second-order valence-electron chi connectivity index (χ2n) is 4.63. The maximum atomic E-state index is 12.4. The van der Waals surface area contributed by atoms with Gasteiger partial charge in [-0.2, -0.15) is 0 Å². The van der Waals surface area contributed by atoms with Gasteiger partial charge in [0.15, 0.2) is 0 Å². The van der Waals surface area contributed by atoms with Crippen LogP contribution in [0.25, 0.3) is 0 Å². The van der Waals surface area contributed by atoms with Crippen LogP contribution in [0, 0.1) is 0 Å². The first-order valence-corrected chi connectivity index (χ1v) is 7.35. The van der Waals surface area contributed by atoms with Crippen molar-refractivity contribution in [1.29, 1.82) is 0 Å². The molecule has 0 saturated carbocycles. The summed E-state index contributed by atoms with van der Waals surface area (Å²) in [5.74, 6) is -0.0123. The first kappa shape index (κ1) is 14.9. The van der Waals surface area contributed by atoms with Gasteiger partial charge >= 0.3 is 6.09 Å². The highest BCUT2D eigenvalue weighted by Gasteiger charge is 2.26. The molecular weight excluding hydrogens is 326 g/mol. The third-order valence-electron chi connectivity index (χ3n) is 3.28. The second kappa shape index (κ2) is 6.30. The Morgan fingerprint density at radius 2 is 1.85 bits per heavy atom. The first-order valence-electron chi connectivity index (χ1n) is 6.55. The number of aromatic nitrogens is 1. The molecule has 1 aromatic rings. The molecule has 0 radical (unpaired) electrons. The molecule has 1 aliphatic heterocycles. The molecule has 7 heteroatoms. The van der Waals surface area contributed by atoms with Crippen LogP contribution < -0.4 is 0 Å². The molecule has 2 amide bonds. The number of hydrogen-bond acceptors (Lipinski definition) is 3. The number of carbonyl (C=O) groups is 2. The predicted octanol–water partition coefficient (Wildman–Crippen LogP) is 1.70. The Morgan fingerprint density at radius 3 is 2.35 bits per heavy atom. The van der Waals surface area contributed by atoms with Gasteiger partial charge in [-0.25, -0.2) is 4.79 Å². The van der Waals surface area contributed by atoms with Gasteiger partial charge in [-0.15, -0.1) is 0 Å². The van der Waals surface area contributed by atoms with Crippen molar-refractivity contribution >= 4 is 27.9 Å². The van der Waals surface area contributed by atoms with Crippen LogP contribution in [0.3, 0.4) is 0 Å². The molecule has 1 aliphatic rings. The normalized spacial score (nSPS) is 15.3. The number of rotatable bonds is 2. The van der Waals surface area contributed by atoms with Gasteiger partial charge in [-0.3, -0.25) is 4.79 Å². The Bertz CT molecular complexity index is 507. The SMILES string of the molecule is CCOC(=O)N1CCN(C(=O)c2cc(Br)cn2C)CC1. The van der Waals surface area contributed by atoms with Crippen LogP contribution in [0.1, 0.15) is 17.4 Å². The zero-order valence-corrected chi connectivity index (χ0v) is 13.2. The van der Waals surface area contributed by atoms with Gasteiger partial charge in [0, 0.05) is 43.9 Å². The van der Waals surface area contributed by atoms with Crippen LogP contribution in [-0.4, -0.2) is 59.2 Å². The molecule has 20 heavy (non-hydrogen) atoms. The minimum absolute atomic E-state index is 0.0123. The average molecular weight is 344 g/mol. The number of halogens is 1. The van der Waals surface area contributed by atoms with E-state index >= 15 is 0 Å². The highest BCUT2D eigenvalue weighted by molar-refractivity contribution is 9.10. The van der Waals surface area contributed by atoms with E-state index in [1.54, 1.807) is 27.4 Å². The van der Waals surface area contributed by atoms with Gasteiger partial charge in [0.1, 0.15) is 5.69 Å². The molecule has 0 bridgehead atoms. The highest BCUT2D eigenvalue weighted by atomic mass is 79.9. The number of amides is 2. The third kappa shape index (κ3) is 3.15. The summed E-state index contributed by atoms with van der Waals surface area (Å²) in [6.07, 6.45) is 1.54. The molecule has 0 atom stereocenters. The van der Waals surface area contributed by atoms with Crippen molar-refractivity contribution in [1.82, 2.24) is 14.4 Å². The van der Waals surface area contributed by atoms with E-state index < -0.39 is 0 Å². The minimum Gasteiger partial charge on any atom is -0.450 e. The monoisotopic (exact) mass is 343 g/mol. The highest BCUT2D eigenvalue weighted by Crippen LogP contribution is 2.16. The minimum atomic E-state index is -0.304. The molecule has 2 heterocycles. The number of piperazine rings is 1. The summed E-state index contributed by atoms with van der Waals surface area (Å²) in [4.78, 5) is 27.4. The van der Waals surface area contributed by atoms with Gasteiger partial charge < -0.3 is 19.1 Å². The lowest BCUT2D eigenvalue weighted by Gasteiger charge is -2.34. The van der Waals surface area contributed by atoms with E-state index in [1.807, 2.05) is 13.2 Å². The zero-order chi connectivity index (χ0) is 14.7. The summed E-state index contributed by atoms with van der Waals surface area (Å²) in [7, 11) is 1.84. The van der Waals surface area contributed by atoms with Crippen molar-refractivity contribution in [3.63, 3.8) is 0 Å². The van der Waals surface area contributed by atoms with Crippen LogP contribution in [0.2, 0.25) is 0 Å². The molecule has 1 fully saturated rings. The Hall–Kier alpha value is -1.50. The molecular formula is C13H18BrN3O3. The summed E-state index contributed by atoms with van der Waals surface area (Å²) in [5.41, 5.74) is 0.640. The van der Waals surface area contributed by atoms with Crippen molar-refractivity contribution in [3.05, 3.63) is 22.4 Å². The fourth-order valence-corrected chi connectivity index (χ4v) is 2.73. The molecule has 1 aromatic heterocycles. The van der Waals surface area contributed by atoms with E-state index in [2.05, 4.69) is 15.9 Å². The maximum absolute atomic E-state index is 12.4. The van der Waals surface area contributed by atoms with Gasteiger partial charge in [-0.05, 0) is 28.9 Å². The zero-order valence-electron chi connectivity index (χ0n) is 11.6. The molecule has 0 unspecified atom stereocenters. The molecule has 0 aromatic carbocycles. The Labute approximate surface area is 126 Å². The Balaban J connectivity index is 1.95. The van der Waals surface area contributed by atoms with Crippen molar-refractivity contribution in [2.24, 2.45) is 7.05 Å². The lowest BCUT2D eigenvalue weighted by molar-refractivity contribution is 0.0563. The fraction of sp³-hybridized carbons (Fsp3) is 0.538. The number of carbonyl (C=O) groups excluding carboxylic acids is 2. The summed E-state index contributed by atoms with van der Waals surface area (Å²) in [5, 5.41) is 0. The molecule has 0 aliphatic carbocycles. The van der Waals surface area contributed by atoms with E-state index in [1.165, 1.54) is 0 Å². The van der Waals surface area contributed by atoms with E-state index in [4.69, 9.17) is 4.74 Å². The average Bonchev–Trinajstić information content (AvgIpc) is 2.77. The second-order valence-corrected chi connectivity index (χ2v) is 5.55.